The lowest BCUT2D eigenvalue weighted by atomic mass is 9.77. The second-order valence-corrected chi connectivity index (χ2v) is 6.74. The largest absolute Gasteiger partial charge is 0.0988 e. The Morgan fingerprint density at radius 1 is 1.53 bits per heavy atom. The zero-order chi connectivity index (χ0) is 12.6. The molecule has 2 aliphatic rings. The van der Waals surface area contributed by atoms with E-state index in [4.69, 9.17) is 0 Å². The number of halogens is 1. The van der Waals surface area contributed by atoms with E-state index in [2.05, 4.69) is 68.2 Å². The fourth-order valence-corrected chi connectivity index (χ4v) is 3.91. The number of hydrogen-bond donors (Lipinski definition) is 0. The molecule has 0 saturated carbocycles. The van der Waals surface area contributed by atoms with Crippen molar-refractivity contribution in [1.29, 1.82) is 0 Å². The first-order chi connectivity index (χ1) is 8.02. The predicted molar refractivity (Wildman–Crippen MR) is 84.2 cm³/mol. The normalized spacial score (nSPS) is 26.5. The topological polar surface area (TPSA) is 0 Å². The summed E-state index contributed by atoms with van der Waals surface area (Å²) in [5, 5.41) is 0. The molecule has 0 bridgehead atoms. The molecular formula is C16H21I. The van der Waals surface area contributed by atoms with Gasteiger partial charge in [-0.3, -0.25) is 0 Å². The second kappa shape index (κ2) is 4.75. The minimum absolute atomic E-state index is 0.182. The summed E-state index contributed by atoms with van der Waals surface area (Å²) < 4.78 is 1.39. The SMILES string of the molecule is C=CC1=C(CCC)C2CC=C(I)C=C2C1(C)C. The summed E-state index contributed by atoms with van der Waals surface area (Å²) in [5.41, 5.74) is 4.90. The molecule has 2 rings (SSSR count). The van der Waals surface area contributed by atoms with Crippen LogP contribution in [-0.4, -0.2) is 0 Å². The van der Waals surface area contributed by atoms with E-state index in [-0.39, 0.29) is 5.41 Å². The maximum absolute atomic E-state index is 4.04. The first-order valence-electron chi connectivity index (χ1n) is 6.46. The fraction of sp³-hybridized carbons (Fsp3) is 0.500. The van der Waals surface area contributed by atoms with Crippen molar-refractivity contribution < 1.29 is 0 Å². The lowest BCUT2D eigenvalue weighted by Gasteiger charge is -2.27. The van der Waals surface area contributed by atoms with Gasteiger partial charge < -0.3 is 0 Å². The molecule has 0 aliphatic heterocycles. The molecule has 0 spiro atoms. The van der Waals surface area contributed by atoms with Crippen molar-refractivity contribution in [3.8, 4) is 0 Å². The molecule has 1 unspecified atom stereocenters. The van der Waals surface area contributed by atoms with Crippen molar-refractivity contribution in [2.24, 2.45) is 11.3 Å². The number of allylic oxidation sites excluding steroid dienone is 7. The molecule has 0 fully saturated rings. The first-order valence-corrected chi connectivity index (χ1v) is 7.54. The van der Waals surface area contributed by atoms with Crippen LogP contribution in [-0.2, 0) is 0 Å². The Kier molecular flexibility index (Phi) is 3.67. The second-order valence-electron chi connectivity index (χ2n) is 5.50. The first kappa shape index (κ1) is 13.1. The third kappa shape index (κ3) is 2.07. The summed E-state index contributed by atoms with van der Waals surface area (Å²) >= 11 is 2.44. The molecule has 1 heteroatoms. The Morgan fingerprint density at radius 3 is 2.82 bits per heavy atom. The standard InChI is InChI=1S/C16H21I/c1-5-7-12-13-9-8-11(17)10-15(13)16(3,4)14(12)6-2/h6,8,10,13H,2,5,7,9H2,1,3-4H3. The highest BCUT2D eigenvalue weighted by Gasteiger charge is 2.42. The van der Waals surface area contributed by atoms with Gasteiger partial charge in [-0.15, -0.1) is 0 Å². The number of hydrogen-bond acceptors (Lipinski definition) is 0. The van der Waals surface area contributed by atoms with E-state index in [1.54, 1.807) is 11.1 Å². The van der Waals surface area contributed by atoms with Crippen LogP contribution in [0.15, 0.2) is 45.1 Å². The molecule has 0 radical (unpaired) electrons. The molecule has 0 N–H and O–H groups in total. The van der Waals surface area contributed by atoms with Crippen molar-refractivity contribution >= 4 is 22.6 Å². The highest BCUT2D eigenvalue weighted by Crippen LogP contribution is 2.55. The molecule has 92 valence electrons. The molecule has 0 amide bonds. The summed E-state index contributed by atoms with van der Waals surface area (Å²) in [7, 11) is 0. The Bertz CT molecular complexity index is 432. The lowest BCUT2D eigenvalue weighted by molar-refractivity contribution is 0.527. The smallest absolute Gasteiger partial charge is 0.0114 e. The van der Waals surface area contributed by atoms with Crippen LogP contribution in [0.1, 0.15) is 40.0 Å². The molecule has 0 aromatic heterocycles. The van der Waals surface area contributed by atoms with Crippen molar-refractivity contribution in [2.75, 3.05) is 0 Å². The average molecular weight is 340 g/mol. The van der Waals surface area contributed by atoms with Gasteiger partial charge in [-0.1, -0.05) is 57.1 Å². The van der Waals surface area contributed by atoms with E-state index in [0.29, 0.717) is 5.92 Å². The van der Waals surface area contributed by atoms with Crippen LogP contribution in [0, 0.1) is 11.3 Å². The number of rotatable bonds is 3. The highest BCUT2D eigenvalue weighted by atomic mass is 127. The maximum atomic E-state index is 4.04. The molecule has 0 aromatic carbocycles. The predicted octanol–water partition coefficient (Wildman–Crippen LogP) is 5.57. The van der Waals surface area contributed by atoms with Crippen molar-refractivity contribution in [2.45, 2.75) is 40.0 Å². The zero-order valence-electron chi connectivity index (χ0n) is 11.0. The van der Waals surface area contributed by atoms with Gasteiger partial charge in [0.2, 0.25) is 0 Å². The average Bonchev–Trinajstić information content (AvgIpc) is 2.48. The van der Waals surface area contributed by atoms with E-state index in [1.807, 2.05) is 0 Å². The summed E-state index contributed by atoms with van der Waals surface area (Å²) in [4.78, 5) is 0. The van der Waals surface area contributed by atoms with Crippen LogP contribution >= 0.6 is 22.6 Å². The summed E-state index contributed by atoms with van der Waals surface area (Å²) in [6.07, 6.45) is 10.5. The quantitative estimate of drug-likeness (QED) is 0.589. The van der Waals surface area contributed by atoms with Crippen LogP contribution in [0.3, 0.4) is 0 Å². The van der Waals surface area contributed by atoms with Crippen LogP contribution in [0.4, 0.5) is 0 Å². The van der Waals surface area contributed by atoms with Crippen molar-refractivity contribution in [3.63, 3.8) is 0 Å². The van der Waals surface area contributed by atoms with Crippen LogP contribution < -0.4 is 0 Å². The third-order valence-electron chi connectivity index (χ3n) is 4.10. The molecular weight excluding hydrogens is 319 g/mol. The van der Waals surface area contributed by atoms with Crippen molar-refractivity contribution in [3.05, 3.63) is 45.1 Å². The van der Waals surface area contributed by atoms with Crippen LogP contribution in [0.25, 0.3) is 0 Å². The molecule has 2 aliphatic carbocycles. The van der Waals surface area contributed by atoms with Gasteiger partial charge >= 0.3 is 0 Å². The van der Waals surface area contributed by atoms with Gasteiger partial charge in [0.15, 0.2) is 0 Å². The molecule has 0 nitrogen and oxygen atoms in total. The molecule has 0 heterocycles. The maximum Gasteiger partial charge on any atom is 0.0114 e. The van der Waals surface area contributed by atoms with Crippen LogP contribution in [0.2, 0.25) is 0 Å². The Labute approximate surface area is 119 Å². The lowest BCUT2D eigenvalue weighted by Crippen LogP contribution is -2.16. The van der Waals surface area contributed by atoms with E-state index in [1.165, 1.54) is 28.4 Å². The van der Waals surface area contributed by atoms with Gasteiger partial charge in [-0.25, -0.2) is 0 Å². The van der Waals surface area contributed by atoms with E-state index in [9.17, 15) is 0 Å². The monoisotopic (exact) mass is 340 g/mol. The summed E-state index contributed by atoms with van der Waals surface area (Å²) in [6, 6.07) is 0. The zero-order valence-corrected chi connectivity index (χ0v) is 13.2. The van der Waals surface area contributed by atoms with E-state index < -0.39 is 0 Å². The van der Waals surface area contributed by atoms with E-state index in [0.717, 1.165) is 0 Å². The minimum atomic E-state index is 0.182. The molecule has 0 aromatic rings. The Morgan fingerprint density at radius 2 is 2.24 bits per heavy atom. The third-order valence-corrected chi connectivity index (χ3v) is 4.85. The molecule has 17 heavy (non-hydrogen) atoms. The van der Waals surface area contributed by atoms with Crippen molar-refractivity contribution in [1.82, 2.24) is 0 Å². The van der Waals surface area contributed by atoms with Gasteiger partial charge in [0.05, 0.1) is 0 Å². The fourth-order valence-electron chi connectivity index (χ4n) is 3.32. The molecule has 0 saturated heterocycles. The summed E-state index contributed by atoms with van der Waals surface area (Å²) in [6.45, 7) is 11.0. The van der Waals surface area contributed by atoms with Gasteiger partial charge in [0, 0.05) is 14.9 Å². The Hall–Kier alpha value is -0.310. The van der Waals surface area contributed by atoms with Gasteiger partial charge in [0.25, 0.3) is 0 Å². The van der Waals surface area contributed by atoms with Crippen LogP contribution in [0.5, 0.6) is 0 Å². The molecule has 1 atom stereocenters. The van der Waals surface area contributed by atoms with E-state index >= 15 is 0 Å². The Balaban J connectivity index is 2.51. The summed E-state index contributed by atoms with van der Waals surface area (Å²) in [5.74, 6) is 0.650. The number of fused-ring (bicyclic) bond motifs is 1. The van der Waals surface area contributed by atoms with Gasteiger partial charge in [-0.2, -0.15) is 0 Å². The van der Waals surface area contributed by atoms with Gasteiger partial charge in [0.1, 0.15) is 0 Å². The minimum Gasteiger partial charge on any atom is -0.0988 e. The van der Waals surface area contributed by atoms with Gasteiger partial charge in [-0.05, 0) is 47.1 Å². The highest BCUT2D eigenvalue weighted by molar-refractivity contribution is 14.1.